The maximum Gasteiger partial charge on any atom is 0.407 e. The van der Waals surface area contributed by atoms with Crippen molar-refractivity contribution < 1.29 is 32.3 Å². The van der Waals surface area contributed by atoms with Gasteiger partial charge in [0.15, 0.2) is 5.69 Å². The predicted octanol–water partition coefficient (Wildman–Crippen LogP) is 5.58. The molecule has 65 heavy (non-hydrogen) atoms. The molecule has 346 valence electrons. The van der Waals surface area contributed by atoms with Gasteiger partial charge in [-0.1, -0.05) is 6.07 Å². The van der Waals surface area contributed by atoms with Gasteiger partial charge in [-0.15, -0.1) is 0 Å². The van der Waals surface area contributed by atoms with Crippen LogP contribution >= 0.6 is 0 Å². The van der Waals surface area contributed by atoms with Crippen LogP contribution in [0.1, 0.15) is 74.3 Å². The Labute approximate surface area is 377 Å². The number of halogens is 3. The topological polar surface area (TPSA) is 151 Å². The first-order valence-electron chi connectivity index (χ1n) is 23.0. The molecule has 1 unspecified atom stereocenters. The number of imide groups is 1. The summed E-state index contributed by atoms with van der Waals surface area (Å²) in [6, 6.07) is 11.0. The summed E-state index contributed by atoms with van der Waals surface area (Å²) < 4.78 is 40.5. The molecule has 8 rings (SSSR count). The second-order valence-electron chi connectivity index (χ2n) is 18.3. The van der Waals surface area contributed by atoms with Crippen LogP contribution in [0.25, 0.3) is 4.85 Å². The predicted molar refractivity (Wildman–Crippen MR) is 241 cm³/mol. The number of hydrogen-bond donors (Lipinski definition) is 3. The molecule has 15 nitrogen and oxygen atoms in total. The molecule has 4 amide bonds. The second kappa shape index (κ2) is 20.2. The van der Waals surface area contributed by atoms with E-state index in [0.29, 0.717) is 55.3 Å². The van der Waals surface area contributed by atoms with Crippen LogP contribution in [0.3, 0.4) is 0 Å². The molecule has 2 atom stereocenters. The minimum Gasteiger partial charge on any atom is -0.372 e. The van der Waals surface area contributed by atoms with Crippen molar-refractivity contribution in [3.05, 3.63) is 77.5 Å². The zero-order chi connectivity index (χ0) is 45.7. The number of benzene rings is 1. The number of nitrogens with zero attached hydrogens (tertiary/aromatic N) is 8. The highest BCUT2D eigenvalue weighted by Crippen LogP contribution is 2.39. The van der Waals surface area contributed by atoms with Crippen molar-refractivity contribution in [3.8, 4) is 0 Å². The molecular weight excluding hydrogens is 840 g/mol. The van der Waals surface area contributed by atoms with Gasteiger partial charge in [-0.05, 0) is 100 Å². The van der Waals surface area contributed by atoms with Crippen LogP contribution in [-0.2, 0) is 20.6 Å². The van der Waals surface area contributed by atoms with Crippen molar-refractivity contribution in [1.29, 1.82) is 0 Å². The molecule has 2 aromatic heterocycles. The Kier molecular flexibility index (Phi) is 14.2. The number of rotatable bonds is 11. The Morgan fingerprint density at radius 1 is 0.785 bits per heavy atom. The van der Waals surface area contributed by atoms with Gasteiger partial charge in [-0.2, -0.15) is 13.2 Å². The molecule has 0 radical (unpaired) electrons. The normalized spacial score (nSPS) is 22.4. The number of amides is 4. The molecule has 18 heteroatoms. The number of anilines is 4. The fourth-order valence-electron chi connectivity index (χ4n) is 10.0. The Morgan fingerprint density at radius 3 is 1.98 bits per heavy atom. The molecule has 1 aromatic carbocycles. The highest BCUT2D eigenvalue weighted by Gasteiger charge is 2.35. The SMILES string of the molecule is [C-]#[N+]c1ccc(N2CCC(C(=O)Nc3ccc(N4CCC(CN5CCN(CC6CCN(c7ccc(C(=O)NC8CCC(=O)NC8=O)nc7)CC6)C[C@@H]5C)CC4)cn3)CC2)cc1C(F)(F)F. The van der Waals surface area contributed by atoms with Gasteiger partial charge in [0, 0.05) is 96.1 Å². The van der Waals surface area contributed by atoms with Crippen molar-refractivity contribution in [3.63, 3.8) is 0 Å². The van der Waals surface area contributed by atoms with Crippen molar-refractivity contribution in [1.82, 2.24) is 30.4 Å². The molecule has 3 N–H and O–H groups in total. The third kappa shape index (κ3) is 11.4. The van der Waals surface area contributed by atoms with Gasteiger partial charge in [-0.25, -0.2) is 14.8 Å². The molecule has 0 bridgehead atoms. The van der Waals surface area contributed by atoms with Gasteiger partial charge in [0.1, 0.15) is 17.6 Å². The van der Waals surface area contributed by atoms with E-state index in [-0.39, 0.29) is 36.3 Å². The standard InChI is InChI=1S/C47H58F3N11O4/c1-31-28-57(29-32-11-17-59(18-12-32)36-4-7-40(52-26-36)45(64)54-41-8-10-43(62)56-46(41)65)23-24-61(31)30-33-13-19-60(20-14-33)37-5-9-42(53-27-37)55-44(63)34-15-21-58(22-16-34)35-3-6-39(51-2)38(25-35)47(48,49)50/h3-7,9,25-27,31-34,41H,8,10-24,28-30H2,1H3,(H,54,64)(H,53,55,63)(H,56,62,65)/t31-,41?/m0/s1. The molecule has 0 saturated carbocycles. The van der Waals surface area contributed by atoms with Crippen LogP contribution in [0.4, 0.5) is 41.7 Å². The first-order chi connectivity index (χ1) is 31.3. The Bertz CT molecular complexity index is 2210. The highest BCUT2D eigenvalue weighted by molar-refractivity contribution is 6.03. The number of aromatic nitrogens is 2. The van der Waals surface area contributed by atoms with E-state index in [0.717, 1.165) is 102 Å². The molecule has 5 saturated heterocycles. The number of pyridine rings is 2. The molecule has 5 aliphatic rings. The van der Waals surface area contributed by atoms with Crippen molar-refractivity contribution in [2.45, 2.75) is 76.6 Å². The van der Waals surface area contributed by atoms with E-state index in [1.54, 1.807) is 18.3 Å². The first kappa shape index (κ1) is 45.8. The van der Waals surface area contributed by atoms with Crippen LogP contribution in [0, 0.1) is 24.3 Å². The summed E-state index contributed by atoms with van der Waals surface area (Å²) in [5.74, 6) is 0.107. The lowest BCUT2D eigenvalue weighted by atomic mass is 9.94. The number of piperazine rings is 1. The lowest BCUT2D eigenvalue weighted by Gasteiger charge is -2.44. The first-order valence-corrected chi connectivity index (χ1v) is 23.0. The van der Waals surface area contributed by atoms with Gasteiger partial charge >= 0.3 is 6.18 Å². The van der Waals surface area contributed by atoms with E-state index >= 15 is 0 Å². The van der Waals surface area contributed by atoms with Crippen LogP contribution < -0.4 is 30.7 Å². The van der Waals surface area contributed by atoms with E-state index in [9.17, 15) is 32.3 Å². The maximum atomic E-state index is 13.5. The van der Waals surface area contributed by atoms with Gasteiger partial charge in [0.2, 0.25) is 17.7 Å². The molecule has 3 aromatic rings. The van der Waals surface area contributed by atoms with Crippen molar-refractivity contribution >= 4 is 52.2 Å². The fourth-order valence-corrected chi connectivity index (χ4v) is 10.0. The summed E-state index contributed by atoms with van der Waals surface area (Å²) in [4.78, 5) is 73.1. The fraction of sp³-hybridized carbons (Fsp3) is 0.553. The van der Waals surface area contributed by atoms with E-state index in [4.69, 9.17) is 6.57 Å². The second-order valence-corrected chi connectivity index (χ2v) is 18.3. The molecule has 7 heterocycles. The minimum absolute atomic E-state index is 0.139. The van der Waals surface area contributed by atoms with Crippen LogP contribution in [-0.4, -0.2) is 127 Å². The lowest BCUT2D eigenvalue weighted by molar-refractivity contribution is -0.137. The van der Waals surface area contributed by atoms with Crippen LogP contribution in [0.5, 0.6) is 0 Å². The Morgan fingerprint density at radius 2 is 1.40 bits per heavy atom. The van der Waals surface area contributed by atoms with Gasteiger partial charge in [0.25, 0.3) is 5.91 Å². The molecule has 5 aliphatic heterocycles. The Balaban J connectivity index is 0.708. The number of carbonyl (C=O) groups excluding carboxylic acids is 4. The average Bonchev–Trinajstić information content (AvgIpc) is 3.31. The highest BCUT2D eigenvalue weighted by atomic mass is 19.4. The summed E-state index contributed by atoms with van der Waals surface area (Å²) in [5, 5.41) is 7.88. The summed E-state index contributed by atoms with van der Waals surface area (Å²) in [7, 11) is 0. The monoisotopic (exact) mass is 897 g/mol. The maximum absolute atomic E-state index is 13.5. The zero-order valence-corrected chi connectivity index (χ0v) is 36.9. The molecule has 0 spiro atoms. The summed E-state index contributed by atoms with van der Waals surface area (Å²) in [6.07, 6.45) is 4.84. The molecular formula is C47H58F3N11O4. The van der Waals surface area contributed by atoms with E-state index in [1.165, 1.54) is 6.07 Å². The van der Waals surface area contributed by atoms with Gasteiger partial charge in [-0.3, -0.25) is 29.4 Å². The minimum atomic E-state index is -4.61. The van der Waals surface area contributed by atoms with Gasteiger partial charge in [0.05, 0.1) is 35.9 Å². The van der Waals surface area contributed by atoms with E-state index < -0.39 is 35.3 Å². The number of carbonyl (C=O) groups is 4. The number of piperidine rings is 4. The van der Waals surface area contributed by atoms with E-state index in [2.05, 4.69) is 57.3 Å². The largest absolute Gasteiger partial charge is 0.407 e. The third-order valence-electron chi connectivity index (χ3n) is 14.0. The lowest BCUT2D eigenvalue weighted by Crippen LogP contribution is -2.54. The quantitative estimate of drug-likeness (QED) is 0.164. The summed E-state index contributed by atoms with van der Waals surface area (Å²) in [6.45, 7) is 19.5. The Hall–Kier alpha value is -5.80. The smallest absolute Gasteiger partial charge is 0.372 e. The number of hydrogen-bond acceptors (Lipinski definition) is 11. The van der Waals surface area contributed by atoms with Crippen LogP contribution in [0.15, 0.2) is 54.9 Å². The number of nitrogens with one attached hydrogen (secondary N) is 3. The van der Waals surface area contributed by atoms with Crippen molar-refractivity contribution in [2.75, 3.05) is 92.0 Å². The van der Waals surface area contributed by atoms with Gasteiger partial charge < -0.3 is 30.2 Å². The third-order valence-corrected chi connectivity index (χ3v) is 14.0. The average molecular weight is 898 g/mol. The van der Waals surface area contributed by atoms with Crippen molar-refractivity contribution in [2.24, 2.45) is 17.8 Å². The van der Waals surface area contributed by atoms with E-state index in [1.807, 2.05) is 29.3 Å². The van der Waals surface area contributed by atoms with Crippen LogP contribution in [0.2, 0.25) is 0 Å². The molecule has 0 aliphatic carbocycles. The number of alkyl halides is 3. The summed E-state index contributed by atoms with van der Waals surface area (Å²) >= 11 is 0. The zero-order valence-electron chi connectivity index (χ0n) is 36.9. The summed E-state index contributed by atoms with van der Waals surface area (Å²) in [5.41, 5.74) is 1.32. The molecule has 5 fully saturated rings.